The predicted molar refractivity (Wildman–Crippen MR) is 97.9 cm³/mol. The first kappa shape index (κ1) is 21.5. The Morgan fingerprint density at radius 1 is 1.04 bits per heavy atom. The molecule has 1 aromatic carbocycles. The maximum absolute atomic E-state index is 12.5. The predicted octanol–water partition coefficient (Wildman–Crippen LogP) is 1.48. The first-order valence-electron chi connectivity index (χ1n) is 8.20. The summed E-state index contributed by atoms with van der Waals surface area (Å²) in [6.07, 6.45) is 0. The zero-order valence-electron chi connectivity index (χ0n) is 15.5. The number of Topliss-reactive ketones (excluding diaryl/α,β-unsaturated/α-hetero) is 1. The lowest BCUT2D eigenvalue weighted by atomic mass is 10.0. The first-order chi connectivity index (χ1) is 12.0. The summed E-state index contributed by atoms with van der Waals surface area (Å²) in [5, 5.41) is 6.11. The van der Waals surface area contributed by atoms with Gasteiger partial charge < -0.3 is 23.9 Å². The minimum Gasteiger partial charge on any atom is -0.377 e. The fraction of sp³-hybridized carbons (Fsp3) is 0.529. The molecule has 0 aliphatic carbocycles. The SMILES string of the molecule is CCNCC(CNC(=O)c1ccccc1C(C)=O)[Si](OC)(OC)OC. The molecular weight excluding hydrogens is 340 g/mol. The molecule has 0 saturated carbocycles. The molecule has 0 saturated heterocycles. The van der Waals surface area contributed by atoms with Crippen LogP contribution in [-0.4, -0.2) is 61.5 Å². The summed E-state index contributed by atoms with van der Waals surface area (Å²) >= 11 is 0. The van der Waals surface area contributed by atoms with Gasteiger partial charge in [-0.25, -0.2) is 0 Å². The molecule has 0 heterocycles. The van der Waals surface area contributed by atoms with Crippen molar-refractivity contribution in [2.24, 2.45) is 0 Å². The number of hydrogen-bond acceptors (Lipinski definition) is 6. The van der Waals surface area contributed by atoms with Crippen molar-refractivity contribution >= 4 is 20.5 Å². The normalized spacial score (nSPS) is 12.7. The number of carbonyl (C=O) groups is 2. The van der Waals surface area contributed by atoms with E-state index in [9.17, 15) is 9.59 Å². The second-order valence-corrected chi connectivity index (χ2v) is 8.78. The van der Waals surface area contributed by atoms with Crippen molar-refractivity contribution < 1.29 is 22.9 Å². The highest BCUT2D eigenvalue weighted by Gasteiger charge is 2.47. The van der Waals surface area contributed by atoms with Crippen molar-refractivity contribution in [3.8, 4) is 0 Å². The summed E-state index contributed by atoms with van der Waals surface area (Å²) in [6, 6.07) is 6.75. The third kappa shape index (κ3) is 5.45. The molecular formula is C17H28N2O5Si. The van der Waals surface area contributed by atoms with Crippen molar-refractivity contribution in [2.45, 2.75) is 19.4 Å². The number of ketones is 1. The minimum atomic E-state index is -2.93. The van der Waals surface area contributed by atoms with E-state index >= 15 is 0 Å². The van der Waals surface area contributed by atoms with Crippen LogP contribution in [0.2, 0.25) is 5.54 Å². The van der Waals surface area contributed by atoms with Gasteiger partial charge in [0.1, 0.15) is 0 Å². The summed E-state index contributed by atoms with van der Waals surface area (Å²) < 4.78 is 16.6. The Morgan fingerprint density at radius 3 is 2.08 bits per heavy atom. The summed E-state index contributed by atoms with van der Waals surface area (Å²) in [5.41, 5.74) is 0.592. The van der Waals surface area contributed by atoms with Gasteiger partial charge in [-0.3, -0.25) is 9.59 Å². The molecule has 1 atom stereocenters. The first-order valence-corrected chi connectivity index (χ1v) is 10.00. The molecule has 0 fully saturated rings. The Balaban J connectivity index is 2.92. The van der Waals surface area contributed by atoms with Gasteiger partial charge >= 0.3 is 8.80 Å². The van der Waals surface area contributed by atoms with E-state index in [2.05, 4.69) is 10.6 Å². The van der Waals surface area contributed by atoms with E-state index in [1.165, 1.54) is 6.92 Å². The Bertz CT molecular complexity index is 570. The number of hydrogen-bond donors (Lipinski definition) is 2. The quantitative estimate of drug-likeness (QED) is 0.454. The van der Waals surface area contributed by atoms with Crippen molar-refractivity contribution in [2.75, 3.05) is 41.0 Å². The maximum atomic E-state index is 12.5. The Labute approximate surface area is 150 Å². The monoisotopic (exact) mass is 368 g/mol. The van der Waals surface area contributed by atoms with Crippen LogP contribution in [0.3, 0.4) is 0 Å². The highest BCUT2D eigenvalue weighted by molar-refractivity contribution is 6.62. The van der Waals surface area contributed by atoms with E-state index in [4.69, 9.17) is 13.3 Å². The third-order valence-corrected chi connectivity index (χ3v) is 7.17. The van der Waals surface area contributed by atoms with Gasteiger partial charge in [0.15, 0.2) is 5.78 Å². The van der Waals surface area contributed by atoms with Crippen LogP contribution in [0.15, 0.2) is 24.3 Å². The lowest BCUT2D eigenvalue weighted by molar-refractivity contribution is 0.0919. The van der Waals surface area contributed by atoms with Crippen molar-refractivity contribution in [1.82, 2.24) is 10.6 Å². The molecule has 25 heavy (non-hydrogen) atoms. The average Bonchev–Trinajstić information content (AvgIpc) is 2.64. The van der Waals surface area contributed by atoms with E-state index in [1.54, 1.807) is 45.6 Å². The van der Waals surface area contributed by atoms with E-state index in [0.717, 1.165) is 6.54 Å². The second-order valence-electron chi connectivity index (χ2n) is 5.53. The lowest BCUT2D eigenvalue weighted by Gasteiger charge is -2.32. The van der Waals surface area contributed by atoms with Crippen LogP contribution in [0.25, 0.3) is 0 Å². The van der Waals surface area contributed by atoms with Gasteiger partial charge in [-0.05, 0) is 19.5 Å². The van der Waals surface area contributed by atoms with Gasteiger partial charge in [-0.2, -0.15) is 0 Å². The zero-order chi connectivity index (χ0) is 18.9. The van der Waals surface area contributed by atoms with Gasteiger partial charge in [0.05, 0.1) is 11.1 Å². The summed E-state index contributed by atoms with van der Waals surface area (Å²) in [6.45, 7) is 5.10. The fourth-order valence-corrected chi connectivity index (χ4v) is 4.94. The topological polar surface area (TPSA) is 85.9 Å². The second kappa shape index (κ2) is 10.4. The Kier molecular flexibility index (Phi) is 8.94. The molecule has 1 amide bonds. The van der Waals surface area contributed by atoms with E-state index in [0.29, 0.717) is 24.2 Å². The average molecular weight is 369 g/mol. The largest absolute Gasteiger partial charge is 0.506 e. The molecule has 1 aromatic rings. The number of nitrogens with one attached hydrogen (secondary N) is 2. The fourth-order valence-electron chi connectivity index (χ4n) is 2.69. The number of carbonyl (C=O) groups excluding carboxylic acids is 2. The summed E-state index contributed by atoms with van der Waals surface area (Å²) in [4.78, 5) is 24.3. The molecule has 0 radical (unpaired) electrons. The molecule has 140 valence electrons. The van der Waals surface area contributed by atoms with Crippen molar-refractivity contribution in [3.63, 3.8) is 0 Å². The van der Waals surface area contributed by atoms with Gasteiger partial charge in [-0.15, -0.1) is 0 Å². The molecule has 0 bridgehead atoms. The van der Waals surface area contributed by atoms with Crippen LogP contribution < -0.4 is 10.6 Å². The molecule has 2 N–H and O–H groups in total. The van der Waals surface area contributed by atoms with Crippen LogP contribution in [-0.2, 0) is 13.3 Å². The molecule has 0 aromatic heterocycles. The molecule has 0 aliphatic rings. The Hall–Kier alpha value is -1.58. The number of rotatable bonds is 11. The zero-order valence-corrected chi connectivity index (χ0v) is 16.5. The van der Waals surface area contributed by atoms with E-state index in [-0.39, 0.29) is 17.2 Å². The minimum absolute atomic E-state index is 0.149. The van der Waals surface area contributed by atoms with Crippen molar-refractivity contribution in [1.29, 1.82) is 0 Å². The van der Waals surface area contributed by atoms with Gasteiger partial charge in [0.25, 0.3) is 5.91 Å². The van der Waals surface area contributed by atoms with Crippen LogP contribution >= 0.6 is 0 Å². The molecule has 0 spiro atoms. The van der Waals surface area contributed by atoms with E-state index in [1.807, 2.05) is 6.92 Å². The smallest absolute Gasteiger partial charge is 0.377 e. The molecule has 0 aliphatic heterocycles. The van der Waals surface area contributed by atoms with Crippen LogP contribution in [0.4, 0.5) is 0 Å². The Morgan fingerprint density at radius 2 is 1.60 bits per heavy atom. The molecule has 8 heteroatoms. The maximum Gasteiger partial charge on any atom is 0.506 e. The van der Waals surface area contributed by atoms with Gasteiger partial charge in [0.2, 0.25) is 0 Å². The van der Waals surface area contributed by atoms with Crippen LogP contribution in [0.5, 0.6) is 0 Å². The van der Waals surface area contributed by atoms with Gasteiger partial charge in [0, 0.05) is 40.0 Å². The highest BCUT2D eigenvalue weighted by atomic mass is 28.4. The lowest BCUT2D eigenvalue weighted by Crippen LogP contribution is -2.54. The van der Waals surface area contributed by atoms with E-state index < -0.39 is 8.80 Å². The van der Waals surface area contributed by atoms with Crippen LogP contribution in [0, 0.1) is 0 Å². The molecule has 1 unspecified atom stereocenters. The van der Waals surface area contributed by atoms with Crippen molar-refractivity contribution in [3.05, 3.63) is 35.4 Å². The van der Waals surface area contributed by atoms with Gasteiger partial charge in [-0.1, -0.05) is 25.1 Å². The standard InChI is InChI=1S/C17H28N2O5Si/c1-6-18-11-14(25(22-3,23-4)24-5)12-19-17(21)16-10-8-7-9-15(16)13(2)20/h7-10,14,18H,6,11-12H2,1-5H3,(H,19,21). The summed E-state index contributed by atoms with van der Waals surface area (Å²) in [5.74, 6) is -0.456. The van der Waals surface area contributed by atoms with Crippen LogP contribution in [0.1, 0.15) is 34.6 Å². The number of benzene rings is 1. The molecule has 1 rings (SSSR count). The third-order valence-electron chi connectivity index (χ3n) is 4.05. The number of amides is 1. The molecule has 7 nitrogen and oxygen atoms in total. The summed E-state index contributed by atoms with van der Waals surface area (Å²) in [7, 11) is 1.71. The highest BCUT2D eigenvalue weighted by Crippen LogP contribution is 2.23.